The topological polar surface area (TPSA) is 86.1 Å². The smallest absolute Gasteiger partial charge is 0.379 e. The van der Waals surface area contributed by atoms with Crippen molar-refractivity contribution >= 4 is 11.9 Å². The Morgan fingerprint density at radius 2 is 1.93 bits per heavy atom. The molecule has 2 aliphatic carbocycles. The number of halogens is 1. The van der Waals surface area contributed by atoms with Crippen LogP contribution in [-0.2, 0) is 9.53 Å². The molecule has 8 heteroatoms. The molecule has 2 aliphatic rings. The number of amides is 1. The number of aromatic nitrogens is 3. The van der Waals surface area contributed by atoms with Crippen molar-refractivity contribution in [2.75, 3.05) is 0 Å². The molecule has 2 saturated carbocycles. The minimum absolute atomic E-state index is 0.0620. The van der Waals surface area contributed by atoms with Crippen molar-refractivity contribution < 1.29 is 18.7 Å². The van der Waals surface area contributed by atoms with Gasteiger partial charge in [0.05, 0.1) is 5.69 Å². The van der Waals surface area contributed by atoms with E-state index in [2.05, 4.69) is 15.4 Å². The van der Waals surface area contributed by atoms with Gasteiger partial charge in [-0.15, -0.1) is 5.10 Å². The molecule has 5 unspecified atom stereocenters. The van der Waals surface area contributed by atoms with Gasteiger partial charge >= 0.3 is 5.97 Å². The second-order valence-corrected chi connectivity index (χ2v) is 8.55. The van der Waals surface area contributed by atoms with Crippen molar-refractivity contribution in [3.05, 3.63) is 41.7 Å². The third-order valence-corrected chi connectivity index (χ3v) is 6.48. The first-order valence-electron chi connectivity index (χ1n) is 10.5. The maximum atomic E-state index is 13.1. The zero-order valence-corrected chi connectivity index (χ0v) is 17.5. The average molecular weight is 414 g/mol. The van der Waals surface area contributed by atoms with E-state index in [0.717, 1.165) is 5.92 Å². The Balaban J connectivity index is 1.35. The van der Waals surface area contributed by atoms with E-state index in [0.29, 0.717) is 23.3 Å². The van der Waals surface area contributed by atoms with Gasteiger partial charge in [-0.25, -0.2) is 18.9 Å². The maximum Gasteiger partial charge on any atom is 0.379 e. The highest BCUT2D eigenvalue weighted by molar-refractivity contribution is 5.89. The standard InChI is InChI=1S/C22H27FN4O3/c1-12(19-11-15-4-5-16(19)10-15)24-21(28)13(2)30-22(29)20-25-14(3)27(26-20)18-8-6-17(23)7-9-18/h6-9,12-13,15-16,19H,4-5,10-11H2,1-3H3,(H,24,28). The molecular formula is C22H27FN4O3. The van der Waals surface area contributed by atoms with Crippen LogP contribution in [0.1, 0.15) is 56.0 Å². The molecule has 0 radical (unpaired) electrons. The van der Waals surface area contributed by atoms with Gasteiger partial charge in [0.1, 0.15) is 11.6 Å². The van der Waals surface area contributed by atoms with Crippen LogP contribution in [0.15, 0.2) is 24.3 Å². The summed E-state index contributed by atoms with van der Waals surface area (Å²) in [5.74, 6) is 0.878. The number of benzene rings is 1. The van der Waals surface area contributed by atoms with Crippen LogP contribution in [0.25, 0.3) is 5.69 Å². The van der Waals surface area contributed by atoms with Crippen molar-refractivity contribution in [3.8, 4) is 5.69 Å². The van der Waals surface area contributed by atoms with Crippen LogP contribution in [0.2, 0.25) is 0 Å². The molecule has 1 aromatic heterocycles. The van der Waals surface area contributed by atoms with E-state index < -0.39 is 12.1 Å². The molecule has 0 saturated heterocycles. The molecule has 2 fully saturated rings. The molecule has 0 aliphatic heterocycles. The summed E-state index contributed by atoms with van der Waals surface area (Å²) in [5.41, 5.74) is 0.575. The van der Waals surface area contributed by atoms with Gasteiger partial charge in [-0.05, 0) is 82.1 Å². The molecule has 160 valence electrons. The van der Waals surface area contributed by atoms with Gasteiger partial charge in [0.15, 0.2) is 6.10 Å². The number of aryl methyl sites for hydroxylation is 1. The van der Waals surface area contributed by atoms with E-state index in [4.69, 9.17) is 4.74 Å². The number of carbonyl (C=O) groups excluding carboxylic acids is 2. The predicted octanol–water partition coefficient (Wildman–Crippen LogP) is 3.20. The fraction of sp³-hybridized carbons (Fsp3) is 0.545. The molecule has 1 heterocycles. The van der Waals surface area contributed by atoms with Crippen molar-refractivity contribution in [3.63, 3.8) is 0 Å². The van der Waals surface area contributed by atoms with E-state index in [1.807, 2.05) is 6.92 Å². The number of fused-ring (bicyclic) bond motifs is 2. The van der Waals surface area contributed by atoms with Gasteiger partial charge < -0.3 is 10.1 Å². The lowest BCUT2D eigenvalue weighted by Gasteiger charge is -2.29. The Labute approximate surface area is 175 Å². The van der Waals surface area contributed by atoms with Crippen LogP contribution in [0, 0.1) is 30.5 Å². The van der Waals surface area contributed by atoms with Gasteiger partial charge in [0, 0.05) is 6.04 Å². The Kier molecular flexibility index (Phi) is 5.58. The third kappa shape index (κ3) is 4.08. The summed E-state index contributed by atoms with van der Waals surface area (Å²) < 4.78 is 19.9. The first-order valence-corrected chi connectivity index (χ1v) is 10.5. The summed E-state index contributed by atoms with van der Waals surface area (Å²) in [5, 5.41) is 7.16. The fourth-order valence-electron chi connectivity index (χ4n) is 4.93. The highest BCUT2D eigenvalue weighted by atomic mass is 19.1. The van der Waals surface area contributed by atoms with Gasteiger partial charge in [-0.3, -0.25) is 4.79 Å². The highest BCUT2D eigenvalue weighted by Crippen LogP contribution is 2.49. The average Bonchev–Trinajstić information content (AvgIpc) is 3.44. The SMILES string of the molecule is Cc1nc(C(=O)OC(C)C(=O)NC(C)C2CC3CCC2C3)nn1-c1ccc(F)cc1. The quantitative estimate of drug-likeness (QED) is 0.734. The Bertz CT molecular complexity index is 942. The summed E-state index contributed by atoms with van der Waals surface area (Å²) in [6.45, 7) is 5.26. The summed E-state index contributed by atoms with van der Waals surface area (Å²) in [6, 6.07) is 5.75. The van der Waals surface area contributed by atoms with E-state index in [1.165, 1.54) is 42.5 Å². The van der Waals surface area contributed by atoms with Crippen LogP contribution in [0.4, 0.5) is 4.39 Å². The minimum Gasteiger partial charge on any atom is -0.447 e. The number of nitrogens with one attached hydrogen (secondary N) is 1. The molecule has 1 amide bonds. The van der Waals surface area contributed by atoms with Crippen molar-refractivity contribution in [1.82, 2.24) is 20.1 Å². The number of hydrogen-bond donors (Lipinski definition) is 1. The number of nitrogens with zero attached hydrogens (tertiary/aromatic N) is 3. The van der Waals surface area contributed by atoms with Gasteiger partial charge in [0.25, 0.3) is 11.7 Å². The molecule has 1 N–H and O–H groups in total. The number of ether oxygens (including phenoxy) is 1. The van der Waals surface area contributed by atoms with Gasteiger partial charge in [-0.1, -0.05) is 6.42 Å². The van der Waals surface area contributed by atoms with Gasteiger partial charge in [-0.2, -0.15) is 0 Å². The number of carbonyl (C=O) groups is 2. The van der Waals surface area contributed by atoms with Crippen molar-refractivity contribution in [2.24, 2.45) is 17.8 Å². The predicted molar refractivity (Wildman–Crippen MR) is 107 cm³/mol. The number of hydrogen-bond acceptors (Lipinski definition) is 5. The van der Waals surface area contributed by atoms with Crippen LogP contribution in [0.3, 0.4) is 0 Å². The molecule has 0 spiro atoms. The van der Waals surface area contributed by atoms with E-state index in [-0.39, 0.29) is 23.6 Å². The van der Waals surface area contributed by atoms with Crippen molar-refractivity contribution in [2.45, 2.75) is 58.6 Å². The summed E-state index contributed by atoms with van der Waals surface area (Å²) >= 11 is 0. The first kappa shape index (κ1) is 20.5. The molecular weight excluding hydrogens is 387 g/mol. The Morgan fingerprint density at radius 3 is 2.57 bits per heavy atom. The van der Waals surface area contributed by atoms with E-state index in [1.54, 1.807) is 26.0 Å². The molecule has 5 atom stereocenters. The maximum absolute atomic E-state index is 13.1. The molecule has 7 nitrogen and oxygen atoms in total. The van der Waals surface area contributed by atoms with E-state index >= 15 is 0 Å². The molecule has 2 aromatic rings. The molecule has 30 heavy (non-hydrogen) atoms. The summed E-state index contributed by atoms with van der Waals surface area (Å²) in [4.78, 5) is 29.1. The third-order valence-electron chi connectivity index (χ3n) is 6.48. The largest absolute Gasteiger partial charge is 0.447 e. The number of rotatable bonds is 6. The minimum atomic E-state index is -0.948. The van der Waals surface area contributed by atoms with Crippen LogP contribution < -0.4 is 5.32 Å². The second kappa shape index (κ2) is 8.16. The molecule has 1 aromatic carbocycles. The fourth-order valence-corrected chi connectivity index (χ4v) is 4.93. The van der Waals surface area contributed by atoms with Crippen LogP contribution >= 0.6 is 0 Å². The molecule has 2 bridgehead atoms. The summed E-state index contributed by atoms with van der Waals surface area (Å²) in [6.07, 6.45) is 4.06. The monoisotopic (exact) mass is 414 g/mol. The first-order chi connectivity index (χ1) is 14.3. The van der Waals surface area contributed by atoms with Crippen LogP contribution in [-0.4, -0.2) is 38.8 Å². The molecule has 4 rings (SSSR count). The van der Waals surface area contributed by atoms with Gasteiger partial charge in [0.2, 0.25) is 0 Å². The van der Waals surface area contributed by atoms with Crippen molar-refractivity contribution in [1.29, 1.82) is 0 Å². The highest BCUT2D eigenvalue weighted by Gasteiger charge is 2.42. The Morgan fingerprint density at radius 1 is 1.20 bits per heavy atom. The Hall–Kier alpha value is -2.77. The lowest BCUT2D eigenvalue weighted by atomic mass is 9.84. The van der Waals surface area contributed by atoms with Crippen LogP contribution in [0.5, 0.6) is 0 Å². The lowest BCUT2D eigenvalue weighted by Crippen LogP contribution is -2.45. The normalized spacial score (nSPS) is 24.5. The summed E-state index contributed by atoms with van der Waals surface area (Å²) in [7, 11) is 0. The lowest BCUT2D eigenvalue weighted by molar-refractivity contribution is -0.130. The zero-order valence-electron chi connectivity index (χ0n) is 17.5. The van der Waals surface area contributed by atoms with E-state index in [9.17, 15) is 14.0 Å². The number of esters is 1. The second-order valence-electron chi connectivity index (χ2n) is 8.55. The zero-order chi connectivity index (χ0) is 21.4.